The summed E-state index contributed by atoms with van der Waals surface area (Å²) in [5.41, 5.74) is 2.20. The molecule has 24 heavy (non-hydrogen) atoms. The lowest BCUT2D eigenvalue weighted by atomic mass is 9.74. The molecule has 0 radical (unpaired) electrons. The fourth-order valence-electron chi connectivity index (χ4n) is 3.32. The predicted octanol–water partition coefficient (Wildman–Crippen LogP) is 5.39. The van der Waals surface area contributed by atoms with Crippen LogP contribution in [-0.2, 0) is 4.79 Å². The molecule has 0 amide bonds. The van der Waals surface area contributed by atoms with E-state index >= 15 is 0 Å². The molecule has 1 aliphatic carbocycles. The summed E-state index contributed by atoms with van der Waals surface area (Å²) in [6.07, 6.45) is 2.07. The number of carbonyl (C=O) groups is 1. The first kappa shape index (κ1) is 17.5. The van der Waals surface area contributed by atoms with Crippen molar-refractivity contribution in [1.29, 1.82) is 5.26 Å². The van der Waals surface area contributed by atoms with Crippen molar-refractivity contribution in [3.63, 3.8) is 0 Å². The number of nitriles is 1. The highest BCUT2D eigenvalue weighted by Gasteiger charge is 2.41. The zero-order valence-electron chi connectivity index (χ0n) is 13.2. The molecule has 1 unspecified atom stereocenters. The minimum atomic E-state index is -0.508. The number of Topliss-reactive ketones (excluding diaryl/α,β-unsaturated/α-hetero) is 1. The second kappa shape index (κ2) is 7.31. The maximum Gasteiger partial charge on any atom is 0.161 e. The van der Waals surface area contributed by atoms with Crippen LogP contribution in [0, 0.1) is 17.2 Å². The van der Waals surface area contributed by atoms with E-state index in [2.05, 4.69) is 11.1 Å². The van der Waals surface area contributed by atoms with Crippen LogP contribution in [0.1, 0.15) is 37.7 Å². The van der Waals surface area contributed by atoms with Gasteiger partial charge in [-0.25, -0.2) is 4.99 Å². The van der Waals surface area contributed by atoms with Crippen LogP contribution in [0.5, 0.6) is 0 Å². The van der Waals surface area contributed by atoms with Gasteiger partial charge in [0.15, 0.2) is 5.78 Å². The van der Waals surface area contributed by atoms with Gasteiger partial charge in [0.2, 0.25) is 0 Å². The van der Waals surface area contributed by atoms with Crippen molar-refractivity contribution >= 4 is 45.8 Å². The van der Waals surface area contributed by atoms with E-state index in [1.54, 1.807) is 17.8 Å². The number of ketones is 1. The molecule has 0 saturated heterocycles. The molecule has 1 aromatic rings. The lowest BCUT2D eigenvalue weighted by Gasteiger charge is -2.33. The van der Waals surface area contributed by atoms with Crippen molar-refractivity contribution in [3.05, 3.63) is 45.1 Å². The van der Waals surface area contributed by atoms with E-state index in [1.165, 1.54) is 0 Å². The summed E-state index contributed by atoms with van der Waals surface area (Å²) in [6.45, 7) is 2.03. The Bertz CT molecular complexity index is 795. The molecule has 0 N–H and O–H groups in total. The first-order valence-corrected chi connectivity index (χ1v) is 9.63. The zero-order valence-corrected chi connectivity index (χ0v) is 15.5. The summed E-state index contributed by atoms with van der Waals surface area (Å²) in [5, 5.41) is 11.4. The SMILES string of the molecule is CCSC1=NC2=C(C(=O)CCC2)[C@@H](c2cccc(Cl)c2Cl)C1C#N. The summed E-state index contributed by atoms with van der Waals surface area (Å²) < 4.78 is 0. The van der Waals surface area contributed by atoms with Gasteiger partial charge >= 0.3 is 0 Å². The van der Waals surface area contributed by atoms with E-state index in [-0.39, 0.29) is 5.78 Å². The Morgan fingerprint density at radius 2 is 2.17 bits per heavy atom. The van der Waals surface area contributed by atoms with Crippen LogP contribution < -0.4 is 0 Å². The Morgan fingerprint density at radius 3 is 2.88 bits per heavy atom. The Hall–Kier alpha value is -1.28. The minimum absolute atomic E-state index is 0.0711. The van der Waals surface area contributed by atoms with Gasteiger partial charge in [0.1, 0.15) is 5.92 Å². The fraction of sp³-hybridized carbons (Fsp3) is 0.389. The fourth-order valence-corrected chi connectivity index (χ4v) is 4.59. The number of benzene rings is 1. The molecule has 1 aliphatic heterocycles. The van der Waals surface area contributed by atoms with E-state index in [0.29, 0.717) is 22.0 Å². The standard InChI is InChI=1S/C18H16Cl2N2OS/c1-2-24-18-11(9-21)15(10-5-3-6-12(19)17(10)20)16-13(22-18)7-4-8-14(16)23/h3,5-6,11,15H,2,4,7-8H2,1H3/t11?,15-/m0/s1. The van der Waals surface area contributed by atoms with Crippen LogP contribution in [0.2, 0.25) is 10.0 Å². The van der Waals surface area contributed by atoms with Crippen LogP contribution in [0.25, 0.3) is 0 Å². The summed E-state index contributed by atoms with van der Waals surface area (Å²) >= 11 is 14.2. The predicted molar refractivity (Wildman–Crippen MR) is 99.8 cm³/mol. The van der Waals surface area contributed by atoms with Gasteiger partial charge in [-0.2, -0.15) is 5.26 Å². The average molecular weight is 379 g/mol. The molecular weight excluding hydrogens is 363 g/mol. The van der Waals surface area contributed by atoms with E-state index in [0.717, 1.165) is 34.9 Å². The van der Waals surface area contributed by atoms with E-state index in [1.807, 2.05) is 19.1 Å². The zero-order chi connectivity index (χ0) is 17.3. The second-order valence-corrected chi connectivity index (χ2v) is 7.82. The number of carbonyl (C=O) groups excluding carboxylic acids is 1. The summed E-state index contributed by atoms with van der Waals surface area (Å²) in [7, 11) is 0. The third kappa shape index (κ3) is 3.01. The molecule has 2 aliphatic rings. The van der Waals surface area contributed by atoms with Gasteiger partial charge in [-0.1, -0.05) is 42.3 Å². The van der Waals surface area contributed by atoms with Gasteiger partial charge in [-0.15, -0.1) is 11.8 Å². The van der Waals surface area contributed by atoms with Crippen LogP contribution in [-0.4, -0.2) is 16.6 Å². The summed E-state index contributed by atoms with van der Waals surface area (Å²) in [4.78, 5) is 17.3. The van der Waals surface area contributed by atoms with Crippen molar-refractivity contribution in [2.24, 2.45) is 10.9 Å². The van der Waals surface area contributed by atoms with Crippen molar-refractivity contribution < 1.29 is 4.79 Å². The highest BCUT2D eigenvalue weighted by Crippen LogP contribution is 2.47. The van der Waals surface area contributed by atoms with Gasteiger partial charge < -0.3 is 0 Å². The Labute approximate surface area is 155 Å². The van der Waals surface area contributed by atoms with E-state index in [9.17, 15) is 10.1 Å². The minimum Gasteiger partial charge on any atom is -0.294 e. The lowest BCUT2D eigenvalue weighted by Crippen LogP contribution is -2.31. The number of aliphatic imine (C=N–C) groups is 1. The van der Waals surface area contributed by atoms with E-state index in [4.69, 9.17) is 23.2 Å². The van der Waals surface area contributed by atoms with Gasteiger partial charge in [0.05, 0.1) is 21.2 Å². The number of hydrogen-bond donors (Lipinski definition) is 0. The third-order valence-electron chi connectivity index (χ3n) is 4.33. The molecule has 3 nitrogen and oxygen atoms in total. The molecule has 2 atom stereocenters. The molecule has 0 bridgehead atoms. The Morgan fingerprint density at radius 1 is 1.38 bits per heavy atom. The van der Waals surface area contributed by atoms with Crippen LogP contribution in [0.3, 0.4) is 0 Å². The number of thioether (sulfide) groups is 1. The van der Waals surface area contributed by atoms with Crippen molar-refractivity contribution in [2.45, 2.75) is 32.1 Å². The van der Waals surface area contributed by atoms with Crippen LogP contribution >= 0.6 is 35.0 Å². The molecular formula is C18H16Cl2N2OS. The maximum atomic E-state index is 12.6. The topological polar surface area (TPSA) is 53.2 Å². The molecule has 124 valence electrons. The first-order chi connectivity index (χ1) is 11.6. The molecule has 1 aromatic carbocycles. The number of rotatable bonds is 2. The molecule has 0 fully saturated rings. The Balaban J connectivity index is 2.22. The smallest absolute Gasteiger partial charge is 0.161 e. The number of hydrogen-bond acceptors (Lipinski definition) is 4. The monoisotopic (exact) mass is 378 g/mol. The van der Waals surface area contributed by atoms with E-state index < -0.39 is 11.8 Å². The number of nitrogens with zero attached hydrogens (tertiary/aromatic N) is 2. The highest BCUT2D eigenvalue weighted by atomic mass is 35.5. The van der Waals surface area contributed by atoms with Crippen LogP contribution in [0.4, 0.5) is 0 Å². The van der Waals surface area contributed by atoms with Crippen molar-refractivity contribution in [2.75, 3.05) is 5.75 Å². The molecule has 0 spiro atoms. The number of halogens is 2. The molecule has 0 saturated carbocycles. The van der Waals surface area contributed by atoms with Crippen LogP contribution in [0.15, 0.2) is 34.5 Å². The largest absolute Gasteiger partial charge is 0.294 e. The Kier molecular flexibility index (Phi) is 5.34. The first-order valence-electron chi connectivity index (χ1n) is 7.89. The third-order valence-corrected chi connectivity index (χ3v) is 6.10. The highest BCUT2D eigenvalue weighted by molar-refractivity contribution is 8.14. The quantitative estimate of drug-likeness (QED) is 0.692. The lowest BCUT2D eigenvalue weighted by molar-refractivity contribution is -0.116. The second-order valence-electron chi connectivity index (χ2n) is 5.75. The van der Waals surface area contributed by atoms with Gasteiger partial charge in [0.25, 0.3) is 0 Å². The summed E-state index contributed by atoms with van der Waals surface area (Å²) in [6, 6.07) is 7.73. The van der Waals surface area contributed by atoms with Gasteiger partial charge in [0, 0.05) is 23.6 Å². The van der Waals surface area contributed by atoms with Crippen molar-refractivity contribution in [1.82, 2.24) is 0 Å². The maximum absolute atomic E-state index is 12.6. The van der Waals surface area contributed by atoms with Gasteiger partial charge in [-0.05, 0) is 30.2 Å². The number of allylic oxidation sites excluding steroid dienone is 2. The van der Waals surface area contributed by atoms with Crippen molar-refractivity contribution in [3.8, 4) is 6.07 Å². The summed E-state index contributed by atoms with van der Waals surface area (Å²) in [5.74, 6) is -0.00654. The normalized spacial score (nSPS) is 23.6. The molecule has 0 aromatic heterocycles. The van der Waals surface area contributed by atoms with Gasteiger partial charge in [-0.3, -0.25) is 4.79 Å². The molecule has 1 heterocycles. The molecule has 6 heteroatoms. The molecule has 3 rings (SSSR count). The average Bonchev–Trinajstić information content (AvgIpc) is 2.57.